The number of methoxy groups -OCH3 is 2. The number of aryl methyl sites for hydroxylation is 1. The maximum absolute atomic E-state index is 13.5. The van der Waals surface area contributed by atoms with E-state index in [0.29, 0.717) is 28.6 Å². The fourth-order valence-corrected chi connectivity index (χ4v) is 3.73. The van der Waals surface area contributed by atoms with Gasteiger partial charge in [0.1, 0.15) is 29.4 Å². The van der Waals surface area contributed by atoms with Gasteiger partial charge in [-0.1, -0.05) is 30.5 Å². The fourth-order valence-electron chi connectivity index (χ4n) is 3.73. The van der Waals surface area contributed by atoms with Crippen LogP contribution in [-0.4, -0.2) is 48.7 Å². The first-order chi connectivity index (χ1) is 14.0. The van der Waals surface area contributed by atoms with Crippen molar-refractivity contribution < 1.29 is 23.6 Å². The van der Waals surface area contributed by atoms with E-state index in [1.807, 2.05) is 0 Å². The van der Waals surface area contributed by atoms with Gasteiger partial charge in [0.2, 0.25) is 5.91 Å². The molecule has 1 fully saturated rings. The molecule has 0 radical (unpaired) electrons. The highest BCUT2D eigenvalue weighted by atomic mass is 16.5. The van der Waals surface area contributed by atoms with Crippen LogP contribution in [0.5, 0.6) is 11.5 Å². The predicted molar refractivity (Wildman–Crippen MR) is 107 cm³/mol. The van der Waals surface area contributed by atoms with Gasteiger partial charge in [0.25, 0.3) is 5.91 Å². The Bertz CT molecular complexity index is 836. The Morgan fingerprint density at radius 3 is 2.38 bits per heavy atom. The minimum absolute atomic E-state index is 0.0179. The van der Waals surface area contributed by atoms with Crippen LogP contribution in [0.15, 0.2) is 28.8 Å². The van der Waals surface area contributed by atoms with E-state index in [1.165, 1.54) is 14.2 Å². The third kappa shape index (κ3) is 4.88. The molecule has 2 amide bonds. The molecule has 0 unspecified atom stereocenters. The van der Waals surface area contributed by atoms with E-state index in [-0.39, 0.29) is 24.4 Å². The van der Waals surface area contributed by atoms with Gasteiger partial charge in [-0.2, -0.15) is 0 Å². The summed E-state index contributed by atoms with van der Waals surface area (Å²) in [6.45, 7) is 1.66. The molecular formula is C21H27N3O5. The normalized spacial score (nSPS) is 14.3. The summed E-state index contributed by atoms with van der Waals surface area (Å²) in [5, 5.41) is 6.48. The van der Waals surface area contributed by atoms with Gasteiger partial charge >= 0.3 is 0 Å². The van der Waals surface area contributed by atoms with Crippen LogP contribution in [0.3, 0.4) is 0 Å². The Kier molecular flexibility index (Phi) is 6.74. The zero-order valence-electron chi connectivity index (χ0n) is 17.1. The molecule has 8 heteroatoms. The second kappa shape index (κ2) is 9.45. The van der Waals surface area contributed by atoms with Crippen molar-refractivity contribution in [3.63, 3.8) is 0 Å². The predicted octanol–water partition coefficient (Wildman–Crippen LogP) is 3.41. The number of aromatic nitrogens is 1. The third-order valence-electron chi connectivity index (χ3n) is 5.13. The van der Waals surface area contributed by atoms with Crippen LogP contribution in [0.4, 0.5) is 5.82 Å². The lowest BCUT2D eigenvalue weighted by Crippen LogP contribution is -2.46. The molecule has 0 bridgehead atoms. The third-order valence-corrected chi connectivity index (χ3v) is 5.13. The molecule has 0 aliphatic heterocycles. The fraction of sp³-hybridized carbons (Fsp3) is 0.476. The van der Waals surface area contributed by atoms with Crippen molar-refractivity contribution in [1.82, 2.24) is 10.1 Å². The van der Waals surface area contributed by atoms with E-state index in [2.05, 4.69) is 10.5 Å². The molecule has 1 heterocycles. The number of rotatable bonds is 7. The molecule has 156 valence electrons. The standard InChI is InChI=1S/C21H27N3O5/c1-14-12-18(23-29-14)22-19(25)13-24(15-8-5-4-6-9-15)21(26)20-16(27-2)10-7-11-17(20)28-3/h7,10-12,15H,4-6,8-9,13H2,1-3H3,(H,22,23,25). The van der Waals surface area contributed by atoms with Crippen molar-refractivity contribution in [2.45, 2.75) is 45.1 Å². The van der Waals surface area contributed by atoms with E-state index < -0.39 is 0 Å². The second-order valence-electron chi connectivity index (χ2n) is 7.13. The van der Waals surface area contributed by atoms with Crippen LogP contribution in [-0.2, 0) is 4.79 Å². The number of benzene rings is 1. The van der Waals surface area contributed by atoms with Crippen LogP contribution in [0, 0.1) is 6.92 Å². The van der Waals surface area contributed by atoms with Gasteiger partial charge in [-0.05, 0) is 31.9 Å². The Hall–Kier alpha value is -3.03. The summed E-state index contributed by atoms with van der Waals surface area (Å²) in [5.74, 6) is 1.16. The van der Waals surface area contributed by atoms with E-state index >= 15 is 0 Å². The average Bonchev–Trinajstić information content (AvgIpc) is 3.15. The van der Waals surface area contributed by atoms with Crippen LogP contribution >= 0.6 is 0 Å². The van der Waals surface area contributed by atoms with Crippen molar-refractivity contribution in [1.29, 1.82) is 0 Å². The minimum atomic E-state index is -0.328. The van der Waals surface area contributed by atoms with E-state index in [1.54, 1.807) is 36.1 Å². The van der Waals surface area contributed by atoms with E-state index in [9.17, 15) is 9.59 Å². The number of ether oxygens (including phenoxy) is 2. The molecule has 1 aromatic carbocycles. The largest absolute Gasteiger partial charge is 0.496 e. The molecule has 0 saturated heterocycles. The molecule has 1 aliphatic rings. The number of hydrogen-bond donors (Lipinski definition) is 1. The SMILES string of the molecule is COc1cccc(OC)c1C(=O)N(CC(=O)Nc1cc(C)on1)C1CCCCC1. The summed E-state index contributed by atoms with van der Waals surface area (Å²) < 4.78 is 15.8. The van der Waals surface area contributed by atoms with Crippen molar-refractivity contribution in [2.24, 2.45) is 0 Å². The van der Waals surface area contributed by atoms with Gasteiger partial charge in [-0.15, -0.1) is 0 Å². The number of nitrogens with one attached hydrogen (secondary N) is 1. The summed E-state index contributed by atoms with van der Waals surface area (Å²) in [5.41, 5.74) is 0.327. The smallest absolute Gasteiger partial charge is 0.262 e. The quantitative estimate of drug-likeness (QED) is 0.764. The Balaban J connectivity index is 1.87. The summed E-state index contributed by atoms with van der Waals surface area (Å²) >= 11 is 0. The second-order valence-corrected chi connectivity index (χ2v) is 7.13. The Morgan fingerprint density at radius 1 is 1.17 bits per heavy atom. The number of nitrogens with zero attached hydrogens (tertiary/aromatic N) is 2. The number of carbonyl (C=O) groups excluding carboxylic acids is 2. The van der Waals surface area contributed by atoms with Crippen molar-refractivity contribution in [2.75, 3.05) is 26.1 Å². The van der Waals surface area contributed by atoms with Crippen molar-refractivity contribution in [3.8, 4) is 11.5 Å². The molecule has 1 aromatic heterocycles. The highest BCUT2D eigenvalue weighted by Gasteiger charge is 2.31. The molecule has 8 nitrogen and oxygen atoms in total. The highest BCUT2D eigenvalue weighted by Crippen LogP contribution is 2.32. The van der Waals surface area contributed by atoms with Gasteiger partial charge in [0, 0.05) is 12.1 Å². The lowest BCUT2D eigenvalue weighted by atomic mass is 9.93. The highest BCUT2D eigenvalue weighted by molar-refractivity contribution is 6.02. The van der Waals surface area contributed by atoms with Crippen molar-refractivity contribution in [3.05, 3.63) is 35.6 Å². The van der Waals surface area contributed by atoms with Crippen LogP contribution < -0.4 is 14.8 Å². The monoisotopic (exact) mass is 401 g/mol. The first kappa shape index (κ1) is 20.7. The maximum Gasteiger partial charge on any atom is 0.262 e. The van der Waals surface area contributed by atoms with Gasteiger partial charge in [-0.3, -0.25) is 9.59 Å². The lowest BCUT2D eigenvalue weighted by Gasteiger charge is -2.34. The first-order valence-electron chi connectivity index (χ1n) is 9.78. The summed E-state index contributed by atoms with van der Waals surface area (Å²) in [7, 11) is 3.02. The number of hydrogen-bond acceptors (Lipinski definition) is 6. The molecule has 0 spiro atoms. The summed E-state index contributed by atoms with van der Waals surface area (Å²) in [6.07, 6.45) is 4.92. The number of anilines is 1. The first-order valence-corrected chi connectivity index (χ1v) is 9.78. The van der Waals surface area contributed by atoms with Gasteiger partial charge in [0.15, 0.2) is 5.82 Å². The summed E-state index contributed by atoms with van der Waals surface area (Å²) in [4.78, 5) is 27.8. The van der Waals surface area contributed by atoms with Crippen LogP contribution in [0.2, 0.25) is 0 Å². The average molecular weight is 401 g/mol. The minimum Gasteiger partial charge on any atom is -0.496 e. The van der Waals surface area contributed by atoms with Crippen molar-refractivity contribution >= 4 is 17.6 Å². The molecular weight excluding hydrogens is 374 g/mol. The zero-order chi connectivity index (χ0) is 20.8. The van der Waals surface area contributed by atoms with Crippen LogP contribution in [0.1, 0.15) is 48.2 Å². The molecule has 1 N–H and O–H groups in total. The zero-order valence-corrected chi connectivity index (χ0v) is 17.1. The maximum atomic E-state index is 13.5. The molecule has 2 aromatic rings. The summed E-state index contributed by atoms with van der Waals surface area (Å²) in [6, 6.07) is 6.81. The number of carbonyl (C=O) groups is 2. The van der Waals surface area contributed by atoms with Gasteiger partial charge < -0.3 is 24.2 Å². The molecule has 1 saturated carbocycles. The lowest BCUT2D eigenvalue weighted by molar-refractivity contribution is -0.117. The van der Waals surface area contributed by atoms with E-state index in [4.69, 9.17) is 14.0 Å². The van der Waals surface area contributed by atoms with Gasteiger partial charge in [-0.25, -0.2) is 0 Å². The molecule has 29 heavy (non-hydrogen) atoms. The number of amides is 2. The van der Waals surface area contributed by atoms with Gasteiger partial charge in [0.05, 0.1) is 14.2 Å². The molecule has 1 aliphatic carbocycles. The Morgan fingerprint density at radius 2 is 1.83 bits per heavy atom. The molecule has 3 rings (SSSR count). The topological polar surface area (TPSA) is 93.9 Å². The van der Waals surface area contributed by atoms with Crippen LogP contribution in [0.25, 0.3) is 0 Å². The Labute approximate surface area is 170 Å². The van der Waals surface area contributed by atoms with E-state index in [0.717, 1.165) is 32.1 Å². The molecule has 0 atom stereocenters.